The van der Waals surface area contributed by atoms with Crippen molar-refractivity contribution in [3.8, 4) is 11.8 Å². The molecule has 0 fully saturated rings. The van der Waals surface area contributed by atoms with E-state index in [0.717, 1.165) is 29.8 Å². The minimum Gasteiger partial charge on any atom is -0.486 e. The Kier molecular flexibility index (Phi) is 8.05. The summed E-state index contributed by atoms with van der Waals surface area (Å²) < 4.78 is 11.4. The van der Waals surface area contributed by atoms with E-state index >= 15 is 0 Å². The number of anilines is 1. The number of carbonyl (C=O) groups excluding carboxylic acids is 1. The molecule has 1 unspecified atom stereocenters. The number of likely N-dealkylation sites (N-methyl/N-ethyl adjacent to an activating group) is 1. The molecule has 0 saturated carbocycles. The molecule has 0 bridgehead atoms. The number of rotatable bonds is 9. The second kappa shape index (κ2) is 11.4. The van der Waals surface area contributed by atoms with Crippen LogP contribution in [0.1, 0.15) is 34.0 Å². The predicted octanol–water partition coefficient (Wildman–Crippen LogP) is 3.96. The zero-order chi connectivity index (χ0) is 24.8. The van der Waals surface area contributed by atoms with E-state index in [-0.39, 0.29) is 18.0 Å². The van der Waals surface area contributed by atoms with E-state index in [9.17, 15) is 4.79 Å². The minimum absolute atomic E-state index is 0.0952. The number of hydrogen-bond acceptors (Lipinski definition) is 7. The van der Waals surface area contributed by atoms with Gasteiger partial charge in [0.1, 0.15) is 23.2 Å². The van der Waals surface area contributed by atoms with Crippen LogP contribution in [-0.2, 0) is 6.54 Å². The van der Waals surface area contributed by atoms with Crippen LogP contribution in [0.5, 0.6) is 11.8 Å². The van der Waals surface area contributed by atoms with Gasteiger partial charge in [-0.15, -0.1) is 0 Å². The van der Waals surface area contributed by atoms with Crippen molar-refractivity contribution < 1.29 is 14.3 Å². The molecule has 8 nitrogen and oxygen atoms in total. The van der Waals surface area contributed by atoms with Crippen LogP contribution in [0, 0.1) is 0 Å². The van der Waals surface area contributed by atoms with Crippen molar-refractivity contribution in [2.24, 2.45) is 0 Å². The van der Waals surface area contributed by atoms with Gasteiger partial charge in [-0.1, -0.05) is 35.9 Å². The molecule has 35 heavy (non-hydrogen) atoms. The number of carbonyl (C=O) groups is 1. The van der Waals surface area contributed by atoms with Crippen molar-refractivity contribution in [2.45, 2.75) is 19.1 Å². The van der Waals surface area contributed by atoms with Gasteiger partial charge in [-0.2, -0.15) is 4.98 Å². The molecule has 1 N–H and O–H groups in total. The van der Waals surface area contributed by atoms with Crippen LogP contribution >= 0.6 is 11.6 Å². The molecule has 1 atom stereocenters. The number of ether oxygens (including phenoxy) is 2. The molecule has 4 rings (SSSR count). The van der Waals surface area contributed by atoms with E-state index in [1.54, 1.807) is 0 Å². The molecule has 1 aliphatic heterocycles. The first-order valence-corrected chi connectivity index (χ1v) is 11.9. The smallest absolute Gasteiger partial charge is 0.318 e. The molecule has 9 heteroatoms. The Morgan fingerprint density at radius 3 is 2.54 bits per heavy atom. The van der Waals surface area contributed by atoms with Crippen LogP contribution in [0.15, 0.2) is 54.7 Å². The first-order valence-electron chi connectivity index (χ1n) is 11.6. The summed E-state index contributed by atoms with van der Waals surface area (Å²) in [5.41, 5.74) is 2.57. The number of benzene rings is 2. The minimum atomic E-state index is -0.0956. The average molecular weight is 496 g/mol. The molecular weight excluding hydrogens is 466 g/mol. The van der Waals surface area contributed by atoms with Gasteiger partial charge in [-0.25, -0.2) is 4.98 Å². The third-order valence-corrected chi connectivity index (χ3v) is 6.24. The third-order valence-electron chi connectivity index (χ3n) is 5.99. The lowest BCUT2D eigenvalue weighted by molar-refractivity contribution is 0.0754. The monoisotopic (exact) mass is 495 g/mol. The molecule has 0 saturated heterocycles. The normalized spacial score (nSPS) is 14.3. The fourth-order valence-electron chi connectivity index (χ4n) is 4.00. The average Bonchev–Trinajstić information content (AvgIpc) is 2.99. The summed E-state index contributed by atoms with van der Waals surface area (Å²) in [5, 5.41) is 3.88. The third kappa shape index (κ3) is 6.01. The van der Waals surface area contributed by atoms with Crippen molar-refractivity contribution in [2.75, 3.05) is 45.7 Å². The zero-order valence-electron chi connectivity index (χ0n) is 20.2. The van der Waals surface area contributed by atoms with E-state index in [1.165, 1.54) is 13.3 Å². The van der Waals surface area contributed by atoms with E-state index in [2.05, 4.69) is 15.3 Å². The quantitative estimate of drug-likeness (QED) is 0.481. The summed E-state index contributed by atoms with van der Waals surface area (Å²) in [5.74, 6) is 1.27. The maximum Gasteiger partial charge on any atom is 0.318 e. The van der Waals surface area contributed by atoms with E-state index in [1.807, 2.05) is 72.4 Å². The van der Waals surface area contributed by atoms with Crippen LogP contribution in [0.2, 0.25) is 5.02 Å². The fraction of sp³-hybridized carbons (Fsp3) is 0.346. The first kappa shape index (κ1) is 24.8. The number of aromatic nitrogens is 2. The molecule has 0 radical (unpaired) electrons. The van der Waals surface area contributed by atoms with Gasteiger partial charge in [0.05, 0.1) is 7.11 Å². The molecule has 3 aromatic rings. The maximum atomic E-state index is 13.2. The molecule has 1 aliphatic rings. The largest absolute Gasteiger partial charge is 0.486 e. The van der Waals surface area contributed by atoms with Crippen LogP contribution in [-0.4, -0.2) is 61.6 Å². The number of amides is 1. The number of hydrogen-bond donors (Lipinski definition) is 1. The van der Waals surface area contributed by atoms with Crippen molar-refractivity contribution in [1.82, 2.24) is 20.2 Å². The summed E-state index contributed by atoms with van der Waals surface area (Å²) >= 11 is 6.05. The van der Waals surface area contributed by atoms with Crippen molar-refractivity contribution in [3.63, 3.8) is 0 Å². The molecule has 2 aromatic carbocycles. The Balaban J connectivity index is 1.46. The lowest BCUT2D eigenvalue weighted by Crippen LogP contribution is -2.33. The number of fused-ring (bicyclic) bond motifs is 1. The van der Waals surface area contributed by atoms with E-state index in [0.29, 0.717) is 36.0 Å². The second-order valence-corrected chi connectivity index (χ2v) is 8.87. The molecule has 0 spiro atoms. The SMILES string of the molecule is CNCCC(Oc1ccc(CN2CCN(C)c3nc(OC)ncc3C2=O)cc1)c1ccc(Cl)cc1. The number of nitrogens with zero attached hydrogens (tertiary/aromatic N) is 4. The van der Waals surface area contributed by atoms with Crippen molar-refractivity contribution in [3.05, 3.63) is 76.4 Å². The van der Waals surface area contributed by atoms with Gasteiger partial charge in [-0.05, 0) is 49.0 Å². The van der Waals surface area contributed by atoms with Gasteiger partial charge in [0.15, 0.2) is 0 Å². The molecule has 184 valence electrons. The Morgan fingerprint density at radius 1 is 1.11 bits per heavy atom. The number of halogens is 1. The highest BCUT2D eigenvalue weighted by molar-refractivity contribution is 6.30. The van der Waals surface area contributed by atoms with Gasteiger partial charge < -0.3 is 24.6 Å². The van der Waals surface area contributed by atoms with E-state index < -0.39 is 0 Å². The second-order valence-electron chi connectivity index (χ2n) is 8.44. The van der Waals surface area contributed by atoms with Crippen LogP contribution in [0.3, 0.4) is 0 Å². The summed E-state index contributed by atoms with van der Waals surface area (Å²) in [7, 11) is 5.36. The van der Waals surface area contributed by atoms with Gasteiger partial charge >= 0.3 is 6.01 Å². The van der Waals surface area contributed by atoms with Crippen LogP contribution in [0.4, 0.5) is 5.82 Å². The summed E-state index contributed by atoms with van der Waals surface area (Å²) in [6.45, 7) is 2.55. The van der Waals surface area contributed by atoms with E-state index in [4.69, 9.17) is 21.1 Å². The summed E-state index contributed by atoms with van der Waals surface area (Å²) in [6.07, 6.45) is 2.26. The Labute approximate surface area is 210 Å². The molecule has 2 heterocycles. The molecule has 0 aliphatic carbocycles. The summed E-state index contributed by atoms with van der Waals surface area (Å²) in [6, 6.07) is 15.9. The maximum absolute atomic E-state index is 13.2. The zero-order valence-corrected chi connectivity index (χ0v) is 21.0. The lowest BCUT2D eigenvalue weighted by atomic mass is 10.1. The van der Waals surface area contributed by atoms with Gasteiger partial charge in [0.25, 0.3) is 5.91 Å². The highest BCUT2D eigenvalue weighted by atomic mass is 35.5. The number of nitrogens with one attached hydrogen (secondary N) is 1. The molecular formula is C26H30ClN5O3. The van der Waals surface area contributed by atoms with Crippen molar-refractivity contribution in [1.29, 1.82) is 0 Å². The van der Waals surface area contributed by atoms with Gasteiger partial charge in [0, 0.05) is 44.3 Å². The van der Waals surface area contributed by atoms with Crippen LogP contribution in [0.25, 0.3) is 0 Å². The van der Waals surface area contributed by atoms with Crippen LogP contribution < -0.4 is 19.7 Å². The topological polar surface area (TPSA) is 79.8 Å². The highest BCUT2D eigenvalue weighted by Crippen LogP contribution is 2.27. The molecule has 1 amide bonds. The first-order chi connectivity index (χ1) is 17.0. The predicted molar refractivity (Wildman–Crippen MR) is 136 cm³/mol. The van der Waals surface area contributed by atoms with Crippen molar-refractivity contribution >= 4 is 23.3 Å². The van der Waals surface area contributed by atoms with Gasteiger partial charge in [-0.3, -0.25) is 4.79 Å². The lowest BCUT2D eigenvalue weighted by Gasteiger charge is -2.22. The number of methoxy groups -OCH3 is 1. The summed E-state index contributed by atoms with van der Waals surface area (Å²) in [4.78, 5) is 25.5. The fourth-order valence-corrected chi connectivity index (χ4v) is 4.13. The standard InChI is InChI=1S/C26H30ClN5O3/c1-28-13-12-23(19-6-8-20(27)9-7-19)35-21-10-4-18(5-11-21)17-32-15-14-31(2)24-22(25(32)33)16-29-26(30-24)34-3/h4-11,16,23,28H,12-15,17H2,1-3H3. The van der Waals surface area contributed by atoms with Gasteiger partial charge in [0.2, 0.25) is 0 Å². The highest BCUT2D eigenvalue weighted by Gasteiger charge is 2.27. The Bertz CT molecular complexity index is 1140. The Hall–Kier alpha value is -3.36. The molecule has 1 aromatic heterocycles. The Morgan fingerprint density at radius 2 is 1.86 bits per heavy atom.